The van der Waals surface area contributed by atoms with Gasteiger partial charge in [0.25, 0.3) is 0 Å². The SMILES string of the molecule is CN=C(NCc1ccon1)NC1CC(C)N(Cc2ccccc2)C1. The number of benzene rings is 1. The van der Waals surface area contributed by atoms with Gasteiger partial charge in [-0.15, -0.1) is 0 Å². The van der Waals surface area contributed by atoms with Crippen molar-refractivity contribution in [1.29, 1.82) is 0 Å². The number of nitrogens with one attached hydrogen (secondary N) is 2. The Morgan fingerprint density at radius 3 is 2.88 bits per heavy atom. The zero-order valence-electron chi connectivity index (χ0n) is 14.3. The van der Waals surface area contributed by atoms with Crippen molar-refractivity contribution in [2.75, 3.05) is 13.6 Å². The Morgan fingerprint density at radius 1 is 1.33 bits per heavy atom. The van der Waals surface area contributed by atoms with Crippen LogP contribution in [0.4, 0.5) is 0 Å². The summed E-state index contributed by atoms with van der Waals surface area (Å²) in [6, 6.07) is 13.4. The van der Waals surface area contributed by atoms with E-state index >= 15 is 0 Å². The number of hydrogen-bond donors (Lipinski definition) is 2. The quantitative estimate of drug-likeness (QED) is 0.649. The minimum absolute atomic E-state index is 0.396. The first-order valence-corrected chi connectivity index (χ1v) is 8.39. The third-order valence-corrected chi connectivity index (χ3v) is 4.43. The van der Waals surface area contributed by atoms with E-state index in [2.05, 4.69) is 62.9 Å². The molecule has 2 atom stereocenters. The van der Waals surface area contributed by atoms with Crippen molar-refractivity contribution in [2.45, 2.75) is 38.5 Å². The molecular formula is C18H25N5O. The van der Waals surface area contributed by atoms with Crippen LogP contribution in [0.2, 0.25) is 0 Å². The van der Waals surface area contributed by atoms with Crippen molar-refractivity contribution in [3.05, 3.63) is 53.9 Å². The van der Waals surface area contributed by atoms with E-state index in [1.54, 1.807) is 13.3 Å². The number of likely N-dealkylation sites (tertiary alicyclic amines) is 1. The molecule has 0 aliphatic carbocycles. The minimum atomic E-state index is 0.396. The van der Waals surface area contributed by atoms with Crippen molar-refractivity contribution >= 4 is 5.96 Å². The maximum atomic E-state index is 4.84. The van der Waals surface area contributed by atoms with Crippen molar-refractivity contribution < 1.29 is 4.52 Å². The molecule has 1 saturated heterocycles. The summed E-state index contributed by atoms with van der Waals surface area (Å²) in [5.41, 5.74) is 2.22. The lowest BCUT2D eigenvalue weighted by atomic mass is 10.2. The summed E-state index contributed by atoms with van der Waals surface area (Å²) in [6.07, 6.45) is 2.69. The Hall–Kier alpha value is -2.34. The summed E-state index contributed by atoms with van der Waals surface area (Å²) in [5.74, 6) is 0.803. The predicted molar refractivity (Wildman–Crippen MR) is 94.6 cm³/mol. The molecule has 128 valence electrons. The molecule has 0 amide bonds. The second kappa shape index (κ2) is 7.97. The highest BCUT2D eigenvalue weighted by Crippen LogP contribution is 2.20. The number of nitrogens with zero attached hydrogens (tertiary/aromatic N) is 3. The molecule has 2 aromatic rings. The summed E-state index contributed by atoms with van der Waals surface area (Å²) in [7, 11) is 1.79. The van der Waals surface area contributed by atoms with Gasteiger partial charge in [0.2, 0.25) is 0 Å². The van der Waals surface area contributed by atoms with E-state index in [4.69, 9.17) is 4.52 Å². The molecule has 3 rings (SSSR count). The fourth-order valence-corrected chi connectivity index (χ4v) is 3.13. The van der Waals surface area contributed by atoms with Crippen molar-refractivity contribution in [1.82, 2.24) is 20.7 Å². The molecule has 2 heterocycles. The summed E-state index contributed by atoms with van der Waals surface area (Å²) in [4.78, 5) is 6.81. The van der Waals surface area contributed by atoms with Crippen molar-refractivity contribution in [3.8, 4) is 0 Å². The molecule has 0 spiro atoms. The molecule has 6 nitrogen and oxygen atoms in total. The largest absolute Gasteiger partial charge is 0.364 e. The number of hydrogen-bond acceptors (Lipinski definition) is 4. The average Bonchev–Trinajstić information content (AvgIpc) is 3.23. The molecule has 0 bridgehead atoms. The monoisotopic (exact) mass is 327 g/mol. The van der Waals surface area contributed by atoms with E-state index in [1.807, 2.05) is 6.07 Å². The van der Waals surface area contributed by atoms with Gasteiger partial charge in [0.05, 0.1) is 6.54 Å². The molecule has 1 aromatic heterocycles. The Kier molecular flexibility index (Phi) is 5.48. The van der Waals surface area contributed by atoms with Gasteiger partial charge in [0.15, 0.2) is 5.96 Å². The predicted octanol–water partition coefficient (Wildman–Crippen LogP) is 2.00. The topological polar surface area (TPSA) is 65.7 Å². The maximum absolute atomic E-state index is 4.84. The Labute approximate surface area is 142 Å². The molecule has 6 heteroatoms. The Balaban J connectivity index is 1.50. The Bertz CT molecular complexity index is 641. The van der Waals surface area contributed by atoms with Gasteiger partial charge < -0.3 is 15.2 Å². The fraction of sp³-hybridized carbons (Fsp3) is 0.444. The molecule has 24 heavy (non-hydrogen) atoms. The first-order valence-electron chi connectivity index (χ1n) is 8.39. The molecule has 2 unspecified atom stereocenters. The highest BCUT2D eigenvalue weighted by Gasteiger charge is 2.29. The lowest BCUT2D eigenvalue weighted by molar-refractivity contribution is 0.258. The van der Waals surface area contributed by atoms with E-state index in [1.165, 1.54) is 5.56 Å². The number of aliphatic imine (C=N–C) groups is 1. The molecule has 1 aliphatic heterocycles. The van der Waals surface area contributed by atoms with E-state index < -0.39 is 0 Å². The second-order valence-electron chi connectivity index (χ2n) is 6.26. The van der Waals surface area contributed by atoms with Crippen LogP contribution >= 0.6 is 0 Å². The summed E-state index contributed by atoms with van der Waals surface area (Å²) in [5, 5.41) is 10.7. The molecule has 1 aliphatic rings. The van der Waals surface area contributed by atoms with Gasteiger partial charge >= 0.3 is 0 Å². The zero-order valence-corrected chi connectivity index (χ0v) is 14.3. The lowest BCUT2D eigenvalue weighted by Gasteiger charge is -2.21. The van der Waals surface area contributed by atoms with E-state index in [0.717, 1.165) is 31.2 Å². The fourth-order valence-electron chi connectivity index (χ4n) is 3.13. The summed E-state index contributed by atoms with van der Waals surface area (Å²) >= 11 is 0. The third-order valence-electron chi connectivity index (χ3n) is 4.43. The number of rotatable bonds is 5. The van der Waals surface area contributed by atoms with Crippen LogP contribution in [0.15, 0.2) is 52.2 Å². The van der Waals surface area contributed by atoms with Crippen LogP contribution in [-0.2, 0) is 13.1 Å². The van der Waals surface area contributed by atoms with Crippen LogP contribution < -0.4 is 10.6 Å². The number of guanidine groups is 1. The van der Waals surface area contributed by atoms with Crippen molar-refractivity contribution in [2.24, 2.45) is 4.99 Å². The molecule has 1 fully saturated rings. The highest BCUT2D eigenvalue weighted by atomic mass is 16.5. The van der Waals surface area contributed by atoms with Crippen LogP contribution in [0, 0.1) is 0 Å². The number of aromatic nitrogens is 1. The second-order valence-corrected chi connectivity index (χ2v) is 6.26. The average molecular weight is 327 g/mol. The zero-order chi connectivity index (χ0) is 16.8. The molecule has 2 N–H and O–H groups in total. The van der Waals surface area contributed by atoms with Gasteiger partial charge in [-0.3, -0.25) is 9.89 Å². The van der Waals surface area contributed by atoms with E-state index in [9.17, 15) is 0 Å². The Morgan fingerprint density at radius 2 is 2.17 bits per heavy atom. The van der Waals surface area contributed by atoms with Gasteiger partial charge in [-0.25, -0.2) is 0 Å². The highest BCUT2D eigenvalue weighted by molar-refractivity contribution is 5.79. The normalized spacial score (nSPS) is 21.8. The first kappa shape index (κ1) is 16.5. The summed E-state index contributed by atoms with van der Waals surface area (Å²) in [6.45, 7) is 4.90. The van der Waals surface area contributed by atoms with Gasteiger partial charge in [0, 0.05) is 38.3 Å². The van der Waals surface area contributed by atoms with Crippen LogP contribution in [0.1, 0.15) is 24.6 Å². The third kappa shape index (κ3) is 4.35. The van der Waals surface area contributed by atoms with Crippen LogP contribution in [-0.4, -0.2) is 41.7 Å². The van der Waals surface area contributed by atoms with E-state index in [0.29, 0.717) is 18.6 Å². The minimum Gasteiger partial charge on any atom is -0.364 e. The molecule has 0 saturated carbocycles. The summed E-state index contributed by atoms with van der Waals surface area (Å²) < 4.78 is 4.84. The van der Waals surface area contributed by atoms with Gasteiger partial charge in [-0.2, -0.15) is 0 Å². The molecular weight excluding hydrogens is 302 g/mol. The van der Waals surface area contributed by atoms with Crippen LogP contribution in [0.3, 0.4) is 0 Å². The standard InChI is InChI=1S/C18H25N5O/c1-14-10-17(13-23(14)12-15-6-4-3-5-7-15)21-18(19-2)20-11-16-8-9-24-22-16/h3-9,14,17H,10-13H2,1-2H3,(H2,19,20,21). The smallest absolute Gasteiger partial charge is 0.191 e. The molecule has 1 aromatic carbocycles. The van der Waals surface area contributed by atoms with Crippen LogP contribution in [0.5, 0.6) is 0 Å². The van der Waals surface area contributed by atoms with Crippen LogP contribution in [0.25, 0.3) is 0 Å². The lowest BCUT2D eigenvalue weighted by Crippen LogP contribution is -2.44. The first-order chi connectivity index (χ1) is 11.7. The van der Waals surface area contributed by atoms with Gasteiger partial charge in [-0.1, -0.05) is 35.5 Å². The van der Waals surface area contributed by atoms with Gasteiger partial charge in [-0.05, 0) is 18.9 Å². The molecule has 0 radical (unpaired) electrons. The van der Waals surface area contributed by atoms with Gasteiger partial charge in [0.1, 0.15) is 12.0 Å². The van der Waals surface area contributed by atoms with E-state index in [-0.39, 0.29) is 0 Å². The van der Waals surface area contributed by atoms with Crippen molar-refractivity contribution in [3.63, 3.8) is 0 Å². The maximum Gasteiger partial charge on any atom is 0.191 e.